The minimum absolute atomic E-state index is 0.304. The Bertz CT molecular complexity index is 602. The molecule has 0 radical (unpaired) electrons. The van der Waals surface area contributed by atoms with Gasteiger partial charge in [-0.2, -0.15) is 0 Å². The van der Waals surface area contributed by atoms with Crippen LogP contribution in [0, 0.1) is 0 Å². The fourth-order valence-electron chi connectivity index (χ4n) is 1.84. The maximum absolute atomic E-state index is 5.35. The van der Waals surface area contributed by atoms with E-state index in [0.29, 0.717) is 11.9 Å². The van der Waals surface area contributed by atoms with Crippen molar-refractivity contribution in [1.82, 2.24) is 10.3 Å². The van der Waals surface area contributed by atoms with Gasteiger partial charge in [0.25, 0.3) is 0 Å². The molecule has 20 heavy (non-hydrogen) atoms. The molecule has 0 aliphatic carbocycles. The van der Waals surface area contributed by atoms with Gasteiger partial charge in [-0.15, -0.1) is 11.3 Å². The Labute approximate surface area is 125 Å². The summed E-state index contributed by atoms with van der Waals surface area (Å²) in [4.78, 5) is 4.11. The lowest BCUT2D eigenvalue weighted by Gasteiger charge is -2.08. The summed E-state index contributed by atoms with van der Waals surface area (Å²) in [6.07, 6.45) is 2.60. The van der Waals surface area contributed by atoms with E-state index in [9.17, 15) is 0 Å². The molecule has 0 fully saturated rings. The minimum Gasteiger partial charge on any atom is -0.454 e. The lowest BCUT2D eigenvalue weighted by Crippen LogP contribution is -2.30. The fourth-order valence-corrected chi connectivity index (χ4v) is 2.64. The molecule has 2 N–H and O–H groups in total. The van der Waals surface area contributed by atoms with Crippen molar-refractivity contribution in [3.8, 4) is 11.5 Å². The highest BCUT2D eigenvalue weighted by Crippen LogP contribution is 2.32. The first-order valence-electron chi connectivity index (χ1n) is 6.14. The predicted octanol–water partition coefficient (Wildman–Crippen LogP) is 2.40. The van der Waals surface area contributed by atoms with E-state index in [1.165, 1.54) is 16.9 Å². The molecule has 0 amide bonds. The zero-order chi connectivity index (χ0) is 13.8. The Morgan fingerprint density at radius 3 is 3.10 bits per heavy atom. The van der Waals surface area contributed by atoms with Gasteiger partial charge in [0.15, 0.2) is 21.7 Å². The van der Waals surface area contributed by atoms with Gasteiger partial charge in [0, 0.05) is 18.1 Å². The fraction of sp³-hybridized carbons (Fsp3) is 0.231. The Morgan fingerprint density at radius 2 is 2.25 bits per heavy atom. The zero-order valence-electron chi connectivity index (χ0n) is 10.6. The maximum Gasteiger partial charge on any atom is 0.231 e. The molecule has 0 unspecified atom stereocenters. The van der Waals surface area contributed by atoms with E-state index in [0.717, 1.165) is 29.6 Å². The third kappa shape index (κ3) is 3.17. The number of hydrogen-bond donors (Lipinski definition) is 2. The first-order valence-corrected chi connectivity index (χ1v) is 7.43. The average molecular weight is 307 g/mol. The van der Waals surface area contributed by atoms with Crippen LogP contribution in [-0.2, 0) is 6.42 Å². The summed E-state index contributed by atoms with van der Waals surface area (Å²) in [5.74, 6) is 1.62. The summed E-state index contributed by atoms with van der Waals surface area (Å²) in [6, 6.07) is 5.97. The van der Waals surface area contributed by atoms with Crippen molar-refractivity contribution in [2.45, 2.75) is 6.42 Å². The van der Waals surface area contributed by atoms with Crippen molar-refractivity contribution in [1.29, 1.82) is 0 Å². The van der Waals surface area contributed by atoms with Gasteiger partial charge in [0.2, 0.25) is 6.79 Å². The first kappa shape index (κ1) is 13.1. The van der Waals surface area contributed by atoms with Gasteiger partial charge in [0.05, 0.1) is 0 Å². The van der Waals surface area contributed by atoms with Crippen LogP contribution in [0.5, 0.6) is 11.5 Å². The number of hydrogen-bond acceptors (Lipinski definition) is 5. The molecule has 0 saturated carbocycles. The highest BCUT2D eigenvalue weighted by molar-refractivity contribution is 7.80. The Balaban J connectivity index is 1.46. The highest BCUT2D eigenvalue weighted by atomic mass is 32.1. The number of benzene rings is 1. The van der Waals surface area contributed by atoms with Crippen LogP contribution in [-0.4, -0.2) is 23.4 Å². The van der Waals surface area contributed by atoms with Crippen molar-refractivity contribution < 1.29 is 9.47 Å². The first-order chi connectivity index (χ1) is 9.81. The summed E-state index contributed by atoms with van der Waals surface area (Å²) < 4.78 is 10.6. The van der Waals surface area contributed by atoms with Crippen molar-refractivity contribution in [2.24, 2.45) is 0 Å². The average Bonchev–Trinajstić information content (AvgIpc) is 3.09. The van der Waals surface area contributed by atoms with Gasteiger partial charge in [-0.05, 0) is 36.3 Å². The molecule has 0 spiro atoms. The normalized spacial score (nSPS) is 12.2. The van der Waals surface area contributed by atoms with E-state index in [2.05, 4.69) is 15.6 Å². The van der Waals surface area contributed by atoms with Gasteiger partial charge in [-0.25, -0.2) is 4.98 Å². The van der Waals surface area contributed by atoms with E-state index < -0.39 is 0 Å². The topological polar surface area (TPSA) is 55.4 Å². The largest absolute Gasteiger partial charge is 0.454 e. The van der Waals surface area contributed by atoms with E-state index in [4.69, 9.17) is 21.7 Å². The number of fused-ring (bicyclic) bond motifs is 1. The summed E-state index contributed by atoms with van der Waals surface area (Å²) in [6.45, 7) is 1.05. The van der Waals surface area contributed by atoms with Crippen LogP contribution in [0.1, 0.15) is 5.56 Å². The Morgan fingerprint density at radius 1 is 1.35 bits per heavy atom. The Hall–Kier alpha value is -1.86. The van der Waals surface area contributed by atoms with Crippen LogP contribution in [0.15, 0.2) is 29.8 Å². The molecular weight excluding hydrogens is 294 g/mol. The maximum atomic E-state index is 5.35. The standard InChI is InChI=1S/C13H13N3O2S2/c19-12(16-13-15-5-6-20-13)14-4-3-9-1-2-10-11(7-9)18-8-17-10/h1-2,5-7H,3-4,8H2,(H2,14,15,16,19). The van der Waals surface area contributed by atoms with E-state index in [1.807, 2.05) is 23.6 Å². The monoisotopic (exact) mass is 307 g/mol. The minimum atomic E-state index is 0.304. The third-order valence-electron chi connectivity index (χ3n) is 2.79. The van der Waals surface area contributed by atoms with Gasteiger partial charge >= 0.3 is 0 Å². The number of ether oxygens (including phenoxy) is 2. The van der Waals surface area contributed by atoms with Gasteiger partial charge in [0.1, 0.15) is 0 Å². The van der Waals surface area contributed by atoms with Crippen LogP contribution in [0.3, 0.4) is 0 Å². The number of thiazole rings is 1. The number of aromatic nitrogens is 1. The second-order valence-corrected chi connectivity index (χ2v) is 5.46. The quantitative estimate of drug-likeness (QED) is 0.846. The summed E-state index contributed by atoms with van der Waals surface area (Å²) in [5, 5.41) is 9.47. The predicted molar refractivity (Wildman–Crippen MR) is 82.6 cm³/mol. The molecule has 1 aromatic carbocycles. The molecule has 104 valence electrons. The van der Waals surface area contributed by atoms with Crippen molar-refractivity contribution in [3.05, 3.63) is 35.3 Å². The molecule has 1 aromatic heterocycles. The van der Waals surface area contributed by atoms with Crippen LogP contribution in [0.4, 0.5) is 5.13 Å². The van der Waals surface area contributed by atoms with Crippen molar-refractivity contribution in [2.75, 3.05) is 18.7 Å². The number of thiocarbonyl (C=S) groups is 1. The second kappa shape index (κ2) is 6.06. The van der Waals surface area contributed by atoms with Crippen molar-refractivity contribution >= 4 is 33.8 Å². The second-order valence-electron chi connectivity index (χ2n) is 4.16. The third-order valence-corrected chi connectivity index (χ3v) is 3.72. The lowest BCUT2D eigenvalue weighted by molar-refractivity contribution is 0.174. The number of rotatable bonds is 4. The van der Waals surface area contributed by atoms with Crippen LogP contribution >= 0.6 is 23.6 Å². The van der Waals surface area contributed by atoms with E-state index in [1.54, 1.807) is 6.20 Å². The lowest BCUT2D eigenvalue weighted by atomic mass is 10.1. The van der Waals surface area contributed by atoms with Crippen LogP contribution in [0.2, 0.25) is 0 Å². The number of anilines is 1. The molecule has 7 heteroatoms. The molecule has 2 aromatic rings. The van der Waals surface area contributed by atoms with Crippen LogP contribution in [0.25, 0.3) is 0 Å². The van der Waals surface area contributed by atoms with Crippen LogP contribution < -0.4 is 20.1 Å². The molecule has 0 bridgehead atoms. The molecule has 3 rings (SSSR count). The SMILES string of the molecule is S=C(NCCc1ccc2c(c1)OCO2)Nc1nccs1. The number of nitrogens with zero attached hydrogens (tertiary/aromatic N) is 1. The molecule has 1 aliphatic heterocycles. The molecule has 2 heterocycles. The Kier molecular flexibility index (Phi) is 3.98. The van der Waals surface area contributed by atoms with Crippen molar-refractivity contribution in [3.63, 3.8) is 0 Å². The van der Waals surface area contributed by atoms with E-state index in [-0.39, 0.29) is 0 Å². The molecule has 0 saturated heterocycles. The van der Waals surface area contributed by atoms with Gasteiger partial charge < -0.3 is 20.1 Å². The van der Waals surface area contributed by atoms with Gasteiger partial charge in [-0.1, -0.05) is 6.07 Å². The summed E-state index contributed by atoms with van der Waals surface area (Å²) >= 11 is 6.71. The molecular formula is C13H13N3O2S2. The molecule has 5 nitrogen and oxygen atoms in total. The summed E-state index contributed by atoms with van der Waals surface area (Å²) in [7, 11) is 0. The smallest absolute Gasteiger partial charge is 0.231 e. The molecule has 0 atom stereocenters. The summed E-state index contributed by atoms with van der Waals surface area (Å²) in [5.41, 5.74) is 1.18. The number of nitrogens with one attached hydrogen (secondary N) is 2. The molecule has 1 aliphatic rings. The highest BCUT2D eigenvalue weighted by Gasteiger charge is 2.12. The van der Waals surface area contributed by atoms with Gasteiger partial charge in [-0.3, -0.25) is 0 Å². The zero-order valence-corrected chi connectivity index (χ0v) is 12.2. The van der Waals surface area contributed by atoms with E-state index >= 15 is 0 Å².